The molecule has 0 bridgehead atoms. The first-order chi connectivity index (χ1) is 7.74. The van der Waals surface area contributed by atoms with E-state index < -0.39 is 0 Å². The topological polar surface area (TPSA) is 41.1 Å². The molecule has 3 nitrogen and oxygen atoms in total. The summed E-state index contributed by atoms with van der Waals surface area (Å²) >= 11 is 0. The summed E-state index contributed by atoms with van der Waals surface area (Å²) in [6.07, 6.45) is 3.59. The summed E-state index contributed by atoms with van der Waals surface area (Å²) < 4.78 is 0. The van der Waals surface area contributed by atoms with Crippen LogP contribution in [0.5, 0.6) is 0 Å². The number of amides is 1. The Morgan fingerprint density at radius 3 is 2.18 bits per heavy atom. The van der Waals surface area contributed by atoms with Crippen LogP contribution in [-0.2, 0) is 4.79 Å². The molecule has 2 N–H and O–H groups in total. The van der Waals surface area contributed by atoms with Gasteiger partial charge in [-0.1, -0.05) is 27.7 Å². The van der Waals surface area contributed by atoms with Gasteiger partial charge in [0.05, 0.1) is 6.54 Å². The summed E-state index contributed by atoms with van der Waals surface area (Å²) in [6.45, 7) is 12.4. The molecular formula is C14H28N2O. The van der Waals surface area contributed by atoms with Crippen LogP contribution in [0.1, 0.15) is 53.9 Å². The summed E-state index contributed by atoms with van der Waals surface area (Å²) in [5.41, 5.74) is 0.751. The van der Waals surface area contributed by atoms with Crippen LogP contribution in [0.15, 0.2) is 0 Å². The Morgan fingerprint density at radius 2 is 1.71 bits per heavy atom. The number of carbonyl (C=O) groups is 1. The number of nitrogens with one attached hydrogen (secondary N) is 2. The van der Waals surface area contributed by atoms with Crippen LogP contribution in [0.3, 0.4) is 0 Å². The molecular weight excluding hydrogens is 212 g/mol. The van der Waals surface area contributed by atoms with Crippen LogP contribution in [0.4, 0.5) is 0 Å². The van der Waals surface area contributed by atoms with Gasteiger partial charge in [0.1, 0.15) is 0 Å². The average Bonchev–Trinajstić information content (AvgIpc) is 2.10. The minimum absolute atomic E-state index is 0.105. The highest BCUT2D eigenvalue weighted by Gasteiger charge is 2.38. The van der Waals surface area contributed by atoms with E-state index in [-0.39, 0.29) is 5.91 Å². The number of likely N-dealkylation sites (N-methyl/N-ethyl adjacent to an activating group) is 1. The van der Waals surface area contributed by atoms with Crippen molar-refractivity contribution in [1.29, 1.82) is 0 Å². The Hall–Kier alpha value is -0.570. The second kappa shape index (κ2) is 5.38. The predicted molar refractivity (Wildman–Crippen MR) is 71.9 cm³/mol. The number of hydrogen-bond donors (Lipinski definition) is 2. The summed E-state index contributed by atoms with van der Waals surface area (Å²) in [4.78, 5) is 11.4. The normalized spacial score (nSPS) is 23.4. The molecule has 17 heavy (non-hydrogen) atoms. The van der Waals surface area contributed by atoms with Crippen LogP contribution < -0.4 is 10.6 Å². The molecule has 0 radical (unpaired) electrons. The van der Waals surface area contributed by atoms with Crippen molar-refractivity contribution in [2.24, 2.45) is 10.8 Å². The molecule has 3 heteroatoms. The average molecular weight is 240 g/mol. The van der Waals surface area contributed by atoms with E-state index in [1.807, 2.05) is 6.92 Å². The smallest absolute Gasteiger partial charge is 0.233 e. The van der Waals surface area contributed by atoms with Crippen molar-refractivity contribution in [2.75, 3.05) is 13.1 Å². The molecule has 0 aromatic carbocycles. The van der Waals surface area contributed by atoms with Crippen molar-refractivity contribution in [3.63, 3.8) is 0 Å². The molecule has 1 amide bonds. The zero-order valence-corrected chi connectivity index (χ0v) is 12.0. The van der Waals surface area contributed by atoms with Gasteiger partial charge in [0.15, 0.2) is 0 Å². The molecule has 0 heterocycles. The molecule has 1 aliphatic carbocycles. The first-order valence-corrected chi connectivity index (χ1v) is 6.74. The van der Waals surface area contributed by atoms with Gasteiger partial charge in [0.2, 0.25) is 5.91 Å². The molecule has 100 valence electrons. The lowest BCUT2D eigenvalue weighted by Gasteiger charge is -2.45. The van der Waals surface area contributed by atoms with E-state index >= 15 is 0 Å². The lowest BCUT2D eigenvalue weighted by Crippen LogP contribution is -2.46. The Balaban J connectivity index is 2.46. The van der Waals surface area contributed by atoms with Crippen molar-refractivity contribution in [2.45, 2.75) is 59.9 Å². The van der Waals surface area contributed by atoms with Crippen LogP contribution >= 0.6 is 0 Å². The minimum Gasteiger partial charge on any atom is -0.355 e. The highest BCUT2D eigenvalue weighted by Crippen LogP contribution is 2.45. The Kier molecular flexibility index (Phi) is 4.59. The van der Waals surface area contributed by atoms with Crippen LogP contribution in [0, 0.1) is 10.8 Å². The Labute approximate surface area is 106 Å². The summed E-state index contributed by atoms with van der Waals surface area (Å²) in [5.74, 6) is 0.105. The number of carbonyl (C=O) groups excluding carboxylic acids is 1. The second-order valence-corrected chi connectivity index (χ2v) is 6.94. The van der Waals surface area contributed by atoms with Crippen LogP contribution in [-0.4, -0.2) is 25.0 Å². The van der Waals surface area contributed by atoms with Crippen molar-refractivity contribution in [1.82, 2.24) is 10.6 Å². The quantitative estimate of drug-likeness (QED) is 0.792. The van der Waals surface area contributed by atoms with Crippen LogP contribution in [0.2, 0.25) is 0 Å². The van der Waals surface area contributed by atoms with Gasteiger partial charge in [-0.25, -0.2) is 0 Å². The van der Waals surface area contributed by atoms with Gasteiger partial charge in [0.25, 0.3) is 0 Å². The maximum atomic E-state index is 11.4. The van der Waals surface area contributed by atoms with Gasteiger partial charge >= 0.3 is 0 Å². The second-order valence-electron chi connectivity index (χ2n) is 6.94. The minimum atomic E-state index is 0.105. The van der Waals surface area contributed by atoms with E-state index in [2.05, 4.69) is 38.3 Å². The van der Waals surface area contributed by atoms with Gasteiger partial charge in [-0.05, 0) is 37.0 Å². The summed E-state index contributed by atoms with van der Waals surface area (Å²) in [7, 11) is 0. The highest BCUT2D eigenvalue weighted by atomic mass is 16.1. The largest absolute Gasteiger partial charge is 0.355 e. The summed E-state index contributed by atoms with van der Waals surface area (Å²) in [5, 5.41) is 6.23. The van der Waals surface area contributed by atoms with Gasteiger partial charge in [-0.3, -0.25) is 4.79 Å². The van der Waals surface area contributed by atoms with Crippen LogP contribution in [0.25, 0.3) is 0 Å². The fraction of sp³-hybridized carbons (Fsp3) is 0.929. The number of hydrogen-bond acceptors (Lipinski definition) is 2. The SMILES string of the molecule is CCNC(=O)CNC1CC(C)(C)CC(C)(C)C1. The summed E-state index contributed by atoms with van der Waals surface area (Å²) in [6, 6.07) is 0.469. The van der Waals surface area contributed by atoms with E-state index in [0.717, 1.165) is 12.8 Å². The molecule has 0 aromatic rings. The third-order valence-electron chi connectivity index (χ3n) is 3.48. The fourth-order valence-corrected chi connectivity index (χ4v) is 3.49. The maximum Gasteiger partial charge on any atom is 0.233 e. The zero-order valence-electron chi connectivity index (χ0n) is 12.0. The first-order valence-electron chi connectivity index (χ1n) is 6.74. The third-order valence-corrected chi connectivity index (χ3v) is 3.48. The van der Waals surface area contributed by atoms with Gasteiger partial charge in [-0.15, -0.1) is 0 Å². The fourth-order valence-electron chi connectivity index (χ4n) is 3.49. The molecule has 1 aliphatic rings. The van der Waals surface area contributed by atoms with Gasteiger partial charge < -0.3 is 10.6 Å². The van der Waals surface area contributed by atoms with E-state index in [4.69, 9.17) is 0 Å². The molecule has 0 unspecified atom stereocenters. The third kappa shape index (κ3) is 5.07. The predicted octanol–water partition coefficient (Wildman–Crippen LogP) is 2.32. The lowest BCUT2D eigenvalue weighted by molar-refractivity contribution is -0.120. The first kappa shape index (κ1) is 14.5. The Morgan fingerprint density at radius 1 is 1.18 bits per heavy atom. The van der Waals surface area contributed by atoms with Crippen molar-refractivity contribution in [3.8, 4) is 0 Å². The molecule has 0 atom stereocenters. The molecule has 0 spiro atoms. The van der Waals surface area contributed by atoms with Crippen molar-refractivity contribution < 1.29 is 4.79 Å². The van der Waals surface area contributed by atoms with Gasteiger partial charge in [0, 0.05) is 12.6 Å². The van der Waals surface area contributed by atoms with Gasteiger partial charge in [-0.2, -0.15) is 0 Å². The highest BCUT2D eigenvalue weighted by molar-refractivity contribution is 5.77. The lowest BCUT2D eigenvalue weighted by atomic mass is 9.63. The number of rotatable bonds is 4. The molecule has 1 saturated carbocycles. The standard InChI is InChI=1S/C14H28N2O/c1-6-15-12(17)9-16-11-7-13(2,3)10-14(4,5)8-11/h11,16H,6-10H2,1-5H3,(H,15,17). The molecule has 0 aromatic heterocycles. The molecule has 0 saturated heterocycles. The van der Waals surface area contributed by atoms with E-state index in [1.165, 1.54) is 6.42 Å². The van der Waals surface area contributed by atoms with E-state index in [9.17, 15) is 4.79 Å². The molecule has 1 rings (SSSR count). The van der Waals surface area contributed by atoms with Crippen molar-refractivity contribution in [3.05, 3.63) is 0 Å². The molecule has 1 fully saturated rings. The Bertz CT molecular complexity index is 255. The van der Waals surface area contributed by atoms with E-state index in [1.54, 1.807) is 0 Å². The zero-order chi connectivity index (χ0) is 13.1. The molecule has 0 aliphatic heterocycles. The maximum absolute atomic E-state index is 11.4. The monoisotopic (exact) mass is 240 g/mol. The van der Waals surface area contributed by atoms with E-state index in [0.29, 0.717) is 30.0 Å². The van der Waals surface area contributed by atoms with Crippen molar-refractivity contribution >= 4 is 5.91 Å².